The zero-order valence-corrected chi connectivity index (χ0v) is 23.5. The van der Waals surface area contributed by atoms with Crippen molar-refractivity contribution in [1.82, 2.24) is 14.5 Å². The van der Waals surface area contributed by atoms with Crippen molar-refractivity contribution in [2.45, 2.75) is 12.7 Å². The van der Waals surface area contributed by atoms with E-state index in [1.807, 2.05) is 59.5 Å². The van der Waals surface area contributed by atoms with E-state index in [2.05, 4.69) is 0 Å². The molecule has 2 N–H and O–H groups in total. The molecule has 224 valence electrons. The first-order chi connectivity index (χ1) is 21.2. The van der Waals surface area contributed by atoms with Crippen LogP contribution in [0.2, 0.25) is 0 Å². The molecular weight excluding hydrogens is 571 g/mol. The molecule has 1 fully saturated rings. The van der Waals surface area contributed by atoms with E-state index in [-0.39, 0.29) is 12.5 Å². The minimum absolute atomic E-state index is 0.102. The van der Waals surface area contributed by atoms with E-state index in [0.29, 0.717) is 71.4 Å². The number of alkyl halides is 3. The second-order valence-corrected chi connectivity index (χ2v) is 10.5. The maximum absolute atomic E-state index is 13.5. The number of rotatable bonds is 7. The number of amides is 2. The van der Waals surface area contributed by atoms with Crippen molar-refractivity contribution in [3.63, 3.8) is 0 Å². The second-order valence-electron chi connectivity index (χ2n) is 10.5. The van der Waals surface area contributed by atoms with Crippen molar-refractivity contribution in [2.24, 2.45) is 5.73 Å². The summed E-state index contributed by atoms with van der Waals surface area (Å²) in [4.78, 5) is 33.9. The second kappa shape index (κ2) is 11.8. The summed E-state index contributed by atoms with van der Waals surface area (Å²) in [6, 6.07) is 26.9. The van der Waals surface area contributed by atoms with Gasteiger partial charge >= 0.3 is 6.18 Å². The highest BCUT2D eigenvalue weighted by Crippen LogP contribution is 2.32. The van der Waals surface area contributed by atoms with Gasteiger partial charge < -0.3 is 24.8 Å². The maximum atomic E-state index is 13.5. The minimum atomic E-state index is -4.39. The summed E-state index contributed by atoms with van der Waals surface area (Å²) in [6.07, 6.45) is -4.39. The Labute approximate surface area is 251 Å². The first kappa shape index (κ1) is 28.8. The molecule has 6 rings (SSSR count). The van der Waals surface area contributed by atoms with Crippen molar-refractivity contribution in [2.75, 3.05) is 31.1 Å². The van der Waals surface area contributed by atoms with Crippen LogP contribution in [0.4, 0.5) is 18.9 Å². The van der Waals surface area contributed by atoms with Gasteiger partial charge in [-0.05, 0) is 66.7 Å². The van der Waals surface area contributed by atoms with Crippen LogP contribution in [0.15, 0.2) is 97.1 Å². The number of hydrogen-bond donors (Lipinski definition) is 1. The molecule has 8 nitrogen and oxygen atoms in total. The van der Waals surface area contributed by atoms with Gasteiger partial charge in [-0.2, -0.15) is 13.2 Å². The molecule has 0 radical (unpaired) electrons. The molecule has 0 bridgehead atoms. The van der Waals surface area contributed by atoms with Gasteiger partial charge in [0.1, 0.15) is 23.9 Å². The highest BCUT2D eigenvalue weighted by Gasteiger charge is 2.30. The number of halogens is 3. The average molecular weight is 600 g/mol. The van der Waals surface area contributed by atoms with Crippen LogP contribution in [-0.4, -0.2) is 52.4 Å². The van der Waals surface area contributed by atoms with Crippen molar-refractivity contribution >= 4 is 28.5 Å². The van der Waals surface area contributed by atoms with E-state index < -0.39 is 17.6 Å². The van der Waals surface area contributed by atoms with Crippen LogP contribution < -0.4 is 15.4 Å². The molecule has 0 aliphatic carbocycles. The number of primary amides is 1. The molecule has 1 aliphatic rings. The Morgan fingerprint density at radius 2 is 1.52 bits per heavy atom. The maximum Gasteiger partial charge on any atom is 0.416 e. The molecule has 1 aromatic heterocycles. The Balaban J connectivity index is 1.22. The zero-order valence-electron chi connectivity index (χ0n) is 23.5. The Morgan fingerprint density at radius 1 is 0.818 bits per heavy atom. The third kappa shape index (κ3) is 6.07. The van der Waals surface area contributed by atoms with Gasteiger partial charge in [-0.25, -0.2) is 4.98 Å². The van der Waals surface area contributed by atoms with E-state index in [4.69, 9.17) is 15.5 Å². The summed E-state index contributed by atoms with van der Waals surface area (Å²) in [5.74, 6) is 1.07. The van der Waals surface area contributed by atoms with Gasteiger partial charge in [-0.3, -0.25) is 9.59 Å². The van der Waals surface area contributed by atoms with Crippen molar-refractivity contribution < 1.29 is 27.5 Å². The van der Waals surface area contributed by atoms with Gasteiger partial charge in [-0.1, -0.05) is 30.3 Å². The van der Waals surface area contributed by atoms with Crippen LogP contribution in [0.3, 0.4) is 0 Å². The number of carbonyl (C=O) groups excluding carboxylic acids is 2. The van der Waals surface area contributed by atoms with Crippen molar-refractivity contribution in [3.8, 4) is 22.9 Å². The Hall–Kier alpha value is -5.32. The molecule has 44 heavy (non-hydrogen) atoms. The van der Waals surface area contributed by atoms with Gasteiger partial charge in [-0.15, -0.1) is 0 Å². The molecule has 1 saturated heterocycles. The monoisotopic (exact) mass is 599 g/mol. The van der Waals surface area contributed by atoms with E-state index in [0.717, 1.165) is 12.1 Å². The van der Waals surface area contributed by atoms with Crippen LogP contribution in [-0.2, 0) is 17.5 Å². The largest absolute Gasteiger partial charge is 0.457 e. The Morgan fingerprint density at radius 3 is 2.20 bits per heavy atom. The molecule has 2 heterocycles. The van der Waals surface area contributed by atoms with Gasteiger partial charge in [0.15, 0.2) is 0 Å². The summed E-state index contributed by atoms with van der Waals surface area (Å²) in [5.41, 5.74) is 7.90. The number of imidazole rings is 1. The smallest absolute Gasteiger partial charge is 0.416 e. The topological polar surface area (TPSA) is 93.7 Å². The number of ether oxygens (including phenoxy) is 1. The van der Waals surface area contributed by atoms with Crippen molar-refractivity contribution in [3.05, 3.63) is 108 Å². The Bertz CT molecular complexity index is 1810. The van der Waals surface area contributed by atoms with Crippen LogP contribution >= 0.6 is 0 Å². The molecule has 0 unspecified atom stereocenters. The first-order valence-corrected chi connectivity index (χ1v) is 14.0. The highest BCUT2D eigenvalue weighted by atomic mass is 19.4. The summed E-state index contributed by atoms with van der Waals surface area (Å²) in [7, 11) is 0. The van der Waals surface area contributed by atoms with Gasteiger partial charge in [0.05, 0.1) is 16.6 Å². The lowest BCUT2D eigenvalue weighted by Crippen LogP contribution is -2.48. The summed E-state index contributed by atoms with van der Waals surface area (Å²) < 4.78 is 46.5. The first-order valence-electron chi connectivity index (χ1n) is 14.0. The fourth-order valence-electron chi connectivity index (χ4n) is 5.33. The number of nitrogens with two attached hydrogens (primary N) is 1. The molecule has 0 saturated carbocycles. The standard InChI is InChI=1S/C33H28F3N5O3/c34-33(35,36)24-10-12-25(13-11-24)39-15-17-40(18-16-39)32(43)23-9-14-29-28(20-23)38-31(41(29)21-30(37)42)22-5-4-8-27(19-22)44-26-6-2-1-3-7-26/h1-14,19-20H,15-18,21H2,(H2,37,42). The molecule has 5 aromatic rings. The Kier molecular flexibility index (Phi) is 7.69. The SMILES string of the molecule is NC(=O)Cn1c(-c2cccc(Oc3ccccc3)c2)nc2cc(C(=O)N3CCN(c4ccc(C(F)(F)F)cc4)CC3)ccc21. The van der Waals surface area contributed by atoms with E-state index in [9.17, 15) is 22.8 Å². The number of para-hydroxylation sites is 1. The molecule has 1 aliphatic heterocycles. The lowest BCUT2D eigenvalue weighted by atomic mass is 10.1. The summed E-state index contributed by atoms with van der Waals surface area (Å²) in [5, 5.41) is 0. The van der Waals surface area contributed by atoms with Crippen molar-refractivity contribution in [1.29, 1.82) is 0 Å². The number of anilines is 1. The third-order valence-electron chi connectivity index (χ3n) is 7.51. The number of nitrogens with zero attached hydrogens (tertiary/aromatic N) is 4. The molecule has 4 aromatic carbocycles. The highest BCUT2D eigenvalue weighted by molar-refractivity contribution is 5.98. The molecule has 0 atom stereocenters. The van der Waals surface area contributed by atoms with E-state index in [1.165, 1.54) is 12.1 Å². The number of hydrogen-bond acceptors (Lipinski definition) is 5. The molecular formula is C33H28F3N5O3. The number of carbonyl (C=O) groups is 2. The predicted molar refractivity (Wildman–Crippen MR) is 160 cm³/mol. The van der Waals surface area contributed by atoms with Gasteiger partial charge in [0.2, 0.25) is 5.91 Å². The van der Waals surface area contributed by atoms with Crippen LogP contribution in [0.5, 0.6) is 11.5 Å². The van der Waals surface area contributed by atoms with Gasteiger partial charge in [0, 0.05) is 43.0 Å². The lowest BCUT2D eigenvalue weighted by molar-refractivity contribution is -0.137. The van der Waals surface area contributed by atoms with E-state index in [1.54, 1.807) is 27.7 Å². The fraction of sp³-hybridized carbons (Fsp3) is 0.182. The predicted octanol–water partition coefficient (Wildman–Crippen LogP) is 5.96. The zero-order chi connectivity index (χ0) is 30.8. The number of piperazine rings is 1. The number of benzene rings is 4. The van der Waals surface area contributed by atoms with Crippen LogP contribution in [0.1, 0.15) is 15.9 Å². The number of fused-ring (bicyclic) bond motifs is 1. The van der Waals surface area contributed by atoms with Crippen LogP contribution in [0.25, 0.3) is 22.4 Å². The lowest BCUT2D eigenvalue weighted by Gasteiger charge is -2.36. The van der Waals surface area contributed by atoms with Gasteiger partial charge in [0.25, 0.3) is 5.91 Å². The molecule has 11 heteroatoms. The fourth-order valence-corrected chi connectivity index (χ4v) is 5.33. The van der Waals surface area contributed by atoms with Crippen LogP contribution in [0, 0.1) is 0 Å². The molecule has 0 spiro atoms. The average Bonchev–Trinajstić information content (AvgIpc) is 3.38. The normalized spacial score (nSPS) is 13.7. The van der Waals surface area contributed by atoms with E-state index >= 15 is 0 Å². The third-order valence-corrected chi connectivity index (χ3v) is 7.51. The summed E-state index contributed by atoms with van der Waals surface area (Å²) >= 11 is 0. The summed E-state index contributed by atoms with van der Waals surface area (Å²) in [6.45, 7) is 1.69. The minimum Gasteiger partial charge on any atom is -0.457 e. The quantitative estimate of drug-likeness (QED) is 0.249. The molecule has 2 amide bonds. The number of aromatic nitrogens is 2.